The van der Waals surface area contributed by atoms with Crippen molar-refractivity contribution >= 4 is 16.0 Å². The van der Waals surface area contributed by atoms with Crippen LogP contribution >= 0.6 is 0 Å². The number of ether oxygens (including phenoxy) is 2. The normalized spacial score (nSPS) is 11.9. The first-order valence-corrected chi connectivity index (χ1v) is 10.2. The Labute approximate surface area is 165 Å². The topological polar surface area (TPSA) is 115 Å². The van der Waals surface area contributed by atoms with Gasteiger partial charge in [0.25, 0.3) is 0 Å². The van der Waals surface area contributed by atoms with Crippen LogP contribution in [0.15, 0.2) is 52.4 Å². The van der Waals surface area contributed by atoms with Gasteiger partial charge in [-0.2, -0.15) is 0 Å². The Morgan fingerprint density at radius 1 is 1.04 bits per heavy atom. The molecule has 2 rings (SSSR count). The van der Waals surface area contributed by atoms with E-state index in [0.717, 1.165) is 11.1 Å². The predicted octanol–water partition coefficient (Wildman–Crippen LogP) is 1.61. The van der Waals surface area contributed by atoms with Crippen molar-refractivity contribution in [2.45, 2.75) is 24.9 Å². The summed E-state index contributed by atoms with van der Waals surface area (Å²) in [4.78, 5) is 4.53. The fraction of sp³-hybridized carbons (Fsp3) is 0.316. The van der Waals surface area contributed by atoms with Crippen LogP contribution in [0.3, 0.4) is 0 Å². The molecular weight excluding hydrogens is 380 g/mol. The van der Waals surface area contributed by atoms with E-state index >= 15 is 0 Å². The molecule has 152 valence electrons. The van der Waals surface area contributed by atoms with Gasteiger partial charge in [-0.05, 0) is 35.4 Å². The van der Waals surface area contributed by atoms with Gasteiger partial charge >= 0.3 is 0 Å². The quantitative estimate of drug-likeness (QED) is 0.430. The highest BCUT2D eigenvalue weighted by Crippen LogP contribution is 2.27. The molecule has 0 aliphatic rings. The van der Waals surface area contributed by atoms with Gasteiger partial charge in [0.1, 0.15) is 0 Å². The van der Waals surface area contributed by atoms with Crippen molar-refractivity contribution in [2.24, 2.45) is 10.7 Å². The first-order chi connectivity index (χ1) is 13.4. The summed E-state index contributed by atoms with van der Waals surface area (Å²) in [5.41, 5.74) is 7.73. The predicted molar refractivity (Wildman–Crippen MR) is 109 cm³/mol. The molecular formula is C19H26N4O4S. The molecule has 0 heterocycles. The van der Waals surface area contributed by atoms with Crippen LogP contribution in [-0.4, -0.2) is 35.1 Å². The van der Waals surface area contributed by atoms with Crippen molar-refractivity contribution in [3.05, 3.63) is 53.6 Å². The Hall–Kier alpha value is -2.78. The van der Waals surface area contributed by atoms with Crippen LogP contribution in [0.1, 0.15) is 18.1 Å². The lowest BCUT2D eigenvalue weighted by Gasteiger charge is -2.09. The minimum Gasteiger partial charge on any atom is -0.493 e. The third-order valence-corrected chi connectivity index (χ3v) is 5.48. The third-order valence-electron chi connectivity index (χ3n) is 3.92. The van der Waals surface area contributed by atoms with Crippen molar-refractivity contribution in [3.63, 3.8) is 0 Å². The van der Waals surface area contributed by atoms with Crippen molar-refractivity contribution in [1.29, 1.82) is 0 Å². The Kier molecular flexibility index (Phi) is 7.65. The number of methoxy groups -OCH3 is 2. The van der Waals surface area contributed by atoms with Crippen molar-refractivity contribution < 1.29 is 17.9 Å². The molecule has 0 bridgehead atoms. The number of hydrogen-bond acceptors (Lipinski definition) is 5. The van der Waals surface area contributed by atoms with Gasteiger partial charge < -0.3 is 20.5 Å². The summed E-state index contributed by atoms with van der Waals surface area (Å²) in [6.45, 7) is 2.90. The van der Waals surface area contributed by atoms with E-state index < -0.39 is 10.0 Å². The largest absolute Gasteiger partial charge is 0.493 e. The van der Waals surface area contributed by atoms with Crippen LogP contribution in [0.25, 0.3) is 0 Å². The summed E-state index contributed by atoms with van der Waals surface area (Å²) in [7, 11) is -0.284. The second-order valence-electron chi connectivity index (χ2n) is 5.89. The van der Waals surface area contributed by atoms with Gasteiger partial charge in [-0.1, -0.05) is 25.1 Å². The molecule has 0 atom stereocenters. The molecule has 0 unspecified atom stereocenters. The van der Waals surface area contributed by atoms with Gasteiger partial charge in [0, 0.05) is 13.1 Å². The van der Waals surface area contributed by atoms with E-state index in [9.17, 15) is 8.42 Å². The average molecular weight is 407 g/mol. The second kappa shape index (κ2) is 9.95. The molecule has 0 amide bonds. The first-order valence-electron chi connectivity index (χ1n) is 8.73. The fourth-order valence-electron chi connectivity index (χ4n) is 2.46. The van der Waals surface area contributed by atoms with E-state index in [1.165, 1.54) is 0 Å². The van der Waals surface area contributed by atoms with E-state index in [1.807, 2.05) is 18.2 Å². The summed E-state index contributed by atoms with van der Waals surface area (Å²) < 4.78 is 36.8. The standard InChI is InChI=1S/C19H26N4O4S/c1-4-23-28(24,25)16-8-5-14(6-9-16)12-21-19(20)22-13-15-7-10-17(26-2)18(11-15)27-3/h5-11,23H,4,12-13H2,1-3H3,(H3,20,21,22). The van der Waals surface area contributed by atoms with E-state index in [1.54, 1.807) is 45.4 Å². The number of nitrogens with two attached hydrogens (primary N) is 1. The maximum Gasteiger partial charge on any atom is 0.240 e. The van der Waals surface area contributed by atoms with Gasteiger partial charge in [0.05, 0.1) is 25.7 Å². The van der Waals surface area contributed by atoms with E-state index in [2.05, 4.69) is 15.0 Å². The molecule has 28 heavy (non-hydrogen) atoms. The lowest BCUT2D eigenvalue weighted by Crippen LogP contribution is -2.31. The molecule has 2 aromatic rings. The number of guanidine groups is 1. The Morgan fingerprint density at radius 3 is 2.29 bits per heavy atom. The van der Waals surface area contributed by atoms with Gasteiger partial charge in [0.15, 0.2) is 17.5 Å². The summed E-state index contributed by atoms with van der Waals surface area (Å²) in [5, 5.41) is 3.01. The smallest absolute Gasteiger partial charge is 0.240 e. The summed E-state index contributed by atoms with van der Waals surface area (Å²) >= 11 is 0. The van der Waals surface area contributed by atoms with Crippen LogP contribution in [0.2, 0.25) is 0 Å². The molecule has 4 N–H and O–H groups in total. The minimum atomic E-state index is -3.45. The lowest BCUT2D eigenvalue weighted by atomic mass is 10.2. The van der Waals surface area contributed by atoms with E-state index in [-0.39, 0.29) is 4.90 Å². The minimum absolute atomic E-state index is 0.230. The number of aliphatic imine (C=N–C) groups is 1. The average Bonchev–Trinajstić information content (AvgIpc) is 2.70. The number of rotatable bonds is 9. The van der Waals surface area contributed by atoms with Gasteiger partial charge in [-0.25, -0.2) is 18.1 Å². The zero-order valence-corrected chi connectivity index (χ0v) is 17.0. The van der Waals surface area contributed by atoms with Crippen LogP contribution in [0.4, 0.5) is 0 Å². The van der Waals surface area contributed by atoms with E-state index in [4.69, 9.17) is 15.2 Å². The van der Waals surface area contributed by atoms with Crippen LogP contribution in [0.5, 0.6) is 11.5 Å². The molecule has 0 aliphatic heterocycles. The number of nitrogens with zero attached hydrogens (tertiary/aromatic N) is 1. The third kappa shape index (κ3) is 5.86. The Morgan fingerprint density at radius 2 is 1.68 bits per heavy atom. The molecule has 0 aliphatic carbocycles. The molecule has 0 fully saturated rings. The molecule has 0 radical (unpaired) electrons. The molecule has 8 nitrogen and oxygen atoms in total. The molecule has 0 spiro atoms. The highest BCUT2D eigenvalue weighted by atomic mass is 32.2. The van der Waals surface area contributed by atoms with Crippen LogP contribution in [-0.2, 0) is 23.1 Å². The number of hydrogen-bond donors (Lipinski definition) is 3. The maximum absolute atomic E-state index is 11.9. The number of nitrogens with one attached hydrogen (secondary N) is 2. The summed E-state index contributed by atoms with van der Waals surface area (Å²) in [6.07, 6.45) is 0. The maximum atomic E-state index is 11.9. The van der Waals surface area contributed by atoms with Crippen LogP contribution < -0.4 is 25.2 Å². The fourth-order valence-corrected chi connectivity index (χ4v) is 3.50. The summed E-state index contributed by atoms with van der Waals surface area (Å²) in [5.74, 6) is 1.58. The van der Waals surface area contributed by atoms with Crippen molar-refractivity contribution in [1.82, 2.24) is 10.0 Å². The zero-order valence-electron chi connectivity index (χ0n) is 16.2. The monoisotopic (exact) mass is 406 g/mol. The van der Waals surface area contributed by atoms with Crippen molar-refractivity contribution in [3.8, 4) is 11.5 Å². The number of sulfonamides is 1. The zero-order chi connectivity index (χ0) is 20.6. The highest BCUT2D eigenvalue weighted by Gasteiger charge is 2.11. The molecule has 2 aromatic carbocycles. The van der Waals surface area contributed by atoms with Gasteiger partial charge in [0.2, 0.25) is 10.0 Å². The van der Waals surface area contributed by atoms with Gasteiger partial charge in [-0.3, -0.25) is 0 Å². The Balaban J connectivity index is 1.94. The SMILES string of the molecule is CCNS(=O)(=O)c1ccc(CNC(N)=NCc2ccc(OC)c(OC)c2)cc1. The molecule has 0 saturated carbocycles. The number of benzene rings is 2. The molecule has 0 aromatic heterocycles. The Bertz CT molecular complexity index is 912. The molecule has 9 heteroatoms. The second-order valence-corrected chi connectivity index (χ2v) is 7.66. The van der Waals surface area contributed by atoms with E-state index in [0.29, 0.717) is 37.1 Å². The van der Waals surface area contributed by atoms with Gasteiger partial charge in [-0.15, -0.1) is 0 Å². The van der Waals surface area contributed by atoms with Crippen LogP contribution in [0, 0.1) is 0 Å². The summed E-state index contributed by atoms with van der Waals surface area (Å²) in [6, 6.07) is 12.1. The molecule has 0 saturated heterocycles. The highest BCUT2D eigenvalue weighted by molar-refractivity contribution is 7.89. The first kappa shape index (κ1) is 21.5. The lowest BCUT2D eigenvalue weighted by molar-refractivity contribution is 0.354. The van der Waals surface area contributed by atoms with Crippen molar-refractivity contribution in [2.75, 3.05) is 20.8 Å².